The molecule has 0 N–H and O–H groups in total. The third-order valence-electron chi connectivity index (χ3n) is 4.62. The van der Waals surface area contributed by atoms with Gasteiger partial charge < -0.3 is 0 Å². The Balaban J connectivity index is 2.17. The number of hydrogen-bond donors (Lipinski definition) is 0. The lowest BCUT2D eigenvalue weighted by atomic mass is 9.91. The average molecular weight is 289 g/mol. The average Bonchev–Trinajstić information content (AvgIpc) is 2.52. The van der Waals surface area contributed by atoms with E-state index in [-0.39, 0.29) is 11.1 Å². The van der Waals surface area contributed by atoms with Gasteiger partial charge in [-0.25, -0.2) is 0 Å². The molecular weight excluding hydrogens is 258 g/mol. The number of hydroxylamine groups is 2. The monoisotopic (exact) mass is 289 g/mol. The van der Waals surface area contributed by atoms with Crippen LogP contribution in [0.2, 0.25) is 0 Å². The molecule has 0 fully saturated rings. The molecule has 2 rings (SSSR count). The zero-order valence-electron chi connectivity index (χ0n) is 14.7. The highest BCUT2D eigenvalue weighted by atomic mass is 16.7. The van der Waals surface area contributed by atoms with Crippen LogP contribution in [0.1, 0.15) is 66.0 Å². The summed E-state index contributed by atoms with van der Waals surface area (Å²) < 4.78 is 0. The molecule has 1 aromatic rings. The van der Waals surface area contributed by atoms with E-state index in [9.17, 15) is 0 Å². The SMILES string of the molecule is CC(C)CC(C)CON1C(C)(C)c2ccccc2C1(C)C. The fourth-order valence-corrected chi connectivity index (χ4v) is 3.86. The normalized spacial score (nSPS) is 21.5. The zero-order chi connectivity index (χ0) is 15.8. The first-order chi connectivity index (χ1) is 9.67. The number of nitrogens with zero attached hydrogens (tertiary/aromatic N) is 1. The van der Waals surface area contributed by atoms with E-state index in [0.29, 0.717) is 5.92 Å². The third-order valence-corrected chi connectivity index (χ3v) is 4.62. The molecule has 1 aliphatic heterocycles. The highest BCUT2D eigenvalue weighted by molar-refractivity contribution is 5.42. The quantitative estimate of drug-likeness (QED) is 0.749. The van der Waals surface area contributed by atoms with Crippen LogP contribution in [-0.2, 0) is 15.9 Å². The van der Waals surface area contributed by atoms with E-state index in [0.717, 1.165) is 12.5 Å². The Morgan fingerprint density at radius 1 is 0.952 bits per heavy atom. The molecule has 0 spiro atoms. The van der Waals surface area contributed by atoms with Gasteiger partial charge in [0.15, 0.2) is 0 Å². The van der Waals surface area contributed by atoms with Gasteiger partial charge in [-0.2, -0.15) is 5.06 Å². The van der Waals surface area contributed by atoms with Crippen LogP contribution < -0.4 is 0 Å². The van der Waals surface area contributed by atoms with Crippen molar-refractivity contribution in [2.75, 3.05) is 6.61 Å². The largest absolute Gasteiger partial charge is 0.297 e. The topological polar surface area (TPSA) is 12.5 Å². The molecule has 0 aliphatic carbocycles. The van der Waals surface area contributed by atoms with Gasteiger partial charge in [-0.05, 0) is 57.1 Å². The number of rotatable bonds is 5. The molecule has 0 radical (unpaired) electrons. The maximum atomic E-state index is 6.31. The van der Waals surface area contributed by atoms with E-state index in [2.05, 4.69) is 77.8 Å². The molecule has 21 heavy (non-hydrogen) atoms. The molecule has 2 heteroatoms. The number of benzene rings is 1. The Kier molecular flexibility index (Phi) is 4.51. The summed E-state index contributed by atoms with van der Waals surface area (Å²) in [4.78, 5) is 6.31. The Hall–Kier alpha value is -0.860. The van der Waals surface area contributed by atoms with Gasteiger partial charge in [-0.1, -0.05) is 45.0 Å². The van der Waals surface area contributed by atoms with Gasteiger partial charge in [0.1, 0.15) is 0 Å². The molecule has 0 bridgehead atoms. The minimum absolute atomic E-state index is 0.0857. The first-order valence-corrected chi connectivity index (χ1v) is 8.20. The zero-order valence-corrected chi connectivity index (χ0v) is 14.7. The highest BCUT2D eigenvalue weighted by Crippen LogP contribution is 2.49. The van der Waals surface area contributed by atoms with Crippen molar-refractivity contribution in [3.8, 4) is 0 Å². The molecule has 1 heterocycles. The smallest absolute Gasteiger partial charge is 0.0711 e. The van der Waals surface area contributed by atoms with E-state index in [1.54, 1.807) is 0 Å². The maximum Gasteiger partial charge on any atom is 0.0711 e. The van der Waals surface area contributed by atoms with Gasteiger partial charge >= 0.3 is 0 Å². The Labute approximate surface area is 130 Å². The van der Waals surface area contributed by atoms with Crippen LogP contribution in [0.5, 0.6) is 0 Å². The summed E-state index contributed by atoms with van der Waals surface area (Å²) in [6.45, 7) is 16.6. The van der Waals surface area contributed by atoms with Crippen LogP contribution in [-0.4, -0.2) is 11.7 Å². The Morgan fingerprint density at radius 3 is 1.86 bits per heavy atom. The predicted octanol–water partition coefficient (Wildman–Crippen LogP) is 5.09. The summed E-state index contributed by atoms with van der Waals surface area (Å²) in [7, 11) is 0. The summed E-state index contributed by atoms with van der Waals surface area (Å²) in [5.41, 5.74) is 2.59. The first kappa shape index (κ1) is 16.5. The van der Waals surface area contributed by atoms with Gasteiger partial charge in [-0.15, -0.1) is 0 Å². The maximum absolute atomic E-state index is 6.31. The molecular formula is C19H31NO. The van der Waals surface area contributed by atoms with Crippen molar-refractivity contribution in [2.45, 2.75) is 66.0 Å². The number of hydrogen-bond acceptors (Lipinski definition) is 2. The van der Waals surface area contributed by atoms with Gasteiger partial charge in [0.2, 0.25) is 0 Å². The molecule has 0 amide bonds. The molecule has 2 nitrogen and oxygen atoms in total. The van der Waals surface area contributed by atoms with E-state index in [1.807, 2.05) is 0 Å². The standard InChI is InChI=1S/C19H31NO/c1-14(2)12-15(3)13-21-20-18(4,5)16-10-8-9-11-17(16)19(20,6)7/h8-11,14-15H,12-13H2,1-7H3. The lowest BCUT2D eigenvalue weighted by molar-refractivity contribution is -0.266. The fourth-order valence-electron chi connectivity index (χ4n) is 3.86. The molecule has 1 unspecified atom stereocenters. The van der Waals surface area contributed by atoms with Crippen molar-refractivity contribution in [3.63, 3.8) is 0 Å². The van der Waals surface area contributed by atoms with Crippen LogP contribution in [0, 0.1) is 11.8 Å². The van der Waals surface area contributed by atoms with Gasteiger partial charge in [0.05, 0.1) is 17.7 Å². The van der Waals surface area contributed by atoms with Crippen molar-refractivity contribution >= 4 is 0 Å². The van der Waals surface area contributed by atoms with Gasteiger partial charge in [0.25, 0.3) is 0 Å². The molecule has 118 valence electrons. The van der Waals surface area contributed by atoms with E-state index < -0.39 is 0 Å². The molecule has 1 aromatic carbocycles. The molecule has 0 saturated carbocycles. The summed E-state index contributed by atoms with van der Waals surface area (Å²) in [5.74, 6) is 1.31. The summed E-state index contributed by atoms with van der Waals surface area (Å²) in [6, 6.07) is 8.72. The van der Waals surface area contributed by atoms with Crippen molar-refractivity contribution in [1.29, 1.82) is 0 Å². The summed E-state index contributed by atoms with van der Waals surface area (Å²) >= 11 is 0. The van der Waals surface area contributed by atoms with Crippen molar-refractivity contribution < 1.29 is 4.84 Å². The second-order valence-corrected chi connectivity index (χ2v) is 7.99. The first-order valence-electron chi connectivity index (χ1n) is 8.20. The minimum atomic E-state index is -0.0857. The van der Waals surface area contributed by atoms with Crippen molar-refractivity contribution in [2.24, 2.45) is 11.8 Å². The lowest BCUT2D eigenvalue weighted by Gasteiger charge is -2.40. The van der Waals surface area contributed by atoms with E-state index in [4.69, 9.17) is 4.84 Å². The predicted molar refractivity (Wildman–Crippen MR) is 88.9 cm³/mol. The van der Waals surface area contributed by atoms with Crippen LogP contribution >= 0.6 is 0 Å². The lowest BCUT2D eigenvalue weighted by Crippen LogP contribution is -2.45. The van der Waals surface area contributed by atoms with Crippen LogP contribution in [0.15, 0.2) is 24.3 Å². The van der Waals surface area contributed by atoms with E-state index in [1.165, 1.54) is 17.5 Å². The van der Waals surface area contributed by atoms with Gasteiger partial charge in [0, 0.05) is 0 Å². The van der Waals surface area contributed by atoms with Crippen LogP contribution in [0.3, 0.4) is 0 Å². The van der Waals surface area contributed by atoms with Crippen LogP contribution in [0.4, 0.5) is 0 Å². The molecule has 0 aromatic heterocycles. The Bertz CT molecular complexity index is 455. The summed E-state index contributed by atoms with van der Waals surface area (Å²) in [6.07, 6.45) is 1.21. The molecule has 1 aliphatic rings. The second-order valence-electron chi connectivity index (χ2n) is 7.99. The third kappa shape index (κ3) is 3.02. The van der Waals surface area contributed by atoms with E-state index >= 15 is 0 Å². The van der Waals surface area contributed by atoms with Gasteiger partial charge in [-0.3, -0.25) is 4.84 Å². The summed E-state index contributed by atoms with van der Waals surface area (Å²) in [5, 5.41) is 2.21. The number of fused-ring (bicyclic) bond motifs is 1. The molecule has 1 atom stereocenters. The second kappa shape index (κ2) is 5.73. The fraction of sp³-hybridized carbons (Fsp3) is 0.684. The molecule has 0 saturated heterocycles. The minimum Gasteiger partial charge on any atom is -0.297 e. The van der Waals surface area contributed by atoms with Crippen molar-refractivity contribution in [3.05, 3.63) is 35.4 Å². The highest BCUT2D eigenvalue weighted by Gasteiger charge is 2.50. The Morgan fingerprint density at radius 2 is 1.43 bits per heavy atom. The van der Waals surface area contributed by atoms with Crippen molar-refractivity contribution in [1.82, 2.24) is 5.06 Å². The van der Waals surface area contributed by atoms with Crippen LogP contribution in [0.25, 0.3) is 0 Å².